The van der Waals surface area contributed by atoms with Crippen LogP contribution >= 0.6 is 0 Å². The Morgan fingerprint density at radius 3 is 2.72 bits per heavy atom. The quantitative estimate of drug-likeness (QED) is 0.503. The molecule has 2 fully saturated rings. The van der Waals surface area contributed by atoms with Gasteiger partial charge < -0.3 is 14.0 Å². The Balaban J connectivity index is 1.40. The highest BCUT2D eigenvalue weighted by Crippen LogP contribution is 2.40. The fourth-order valence-electron chi connectivity index (χ4n) is 4.05. The summed E-state index contributed by atoms with van der Waals surface area (Å²) in [7, 11) is 1.57. The molecule has 1 aliphatic heterocycles. The maximum atomic E-state index is 13.9. The Kier molecular flexibility index (Phi) is 5.54. The fraction of sp³-hybridized carbons (Fsp3) is 0.360. The van der Waals surface area contributed by atoms with Crippen LogP contribution in [0.15, 0.2) is 47.0 Å². The lowest BCUT2D eigenvalue weighted by Crippen LogP contribution is -2.45. The summed E-state index contributed by atoms with van der Waals surface area (Å²) in [6.45, 7) is 2.42. The highest BCUT2D eigenvalue weighted by molar-refractivity contribution is 5.72. The number of likely N-dealkylation sites (tertiary alicyclic amines) is 1. The molecule has 1 aromatic heterocycles. The Bertz CT molecular complexity index is 1160. The molecule has 0 radical (unpaired) electrons. The summed E-state index contributed by atoms with van der Waals surface area (Å²) in [5.41, 5.74) is 3.27. The van der Waals surface area contributed by atoms with Gasteiger partial charge in [-0.05, 0) is 48.7 Å². The third kappa shape index (κ3) is 4.32. The van der Waals surface area contributed by atoms with E-state index in [1.165, 1.54) is 12.1 Å². The monoisotopic (exact) mass is 433 g/mol. The van der Waals surface area contributed by atoms with Crippen molar-refractivity contribution < 1.29 is 18.4 Å². The third-order valence-electron chi connectivity index (χ3n) is 6.00. The van der Waals surface area contributed by atoms with Crippen LogP contribution in [-0.4, -0.2) is 30.3 Å². The molecule has 0 N–H and O–H groups in total. The molecule has 0 atom stereocenters. The minimum Gasteiger partial charge on any atom is -0.496 e. The second-order valence-electron chi connectivity index (χ2n) is 8.47. The number of hydrogen-bond donors (Lipinski definition) is 0. The Hall–Kier alpha value is -3.37. The average Bonchev–Trinajstić information content (AvgIpc) is 3.52. The van der Waals surface area contributed by atoms with Crippen molar-refractivity contribution in [2.45, 2.75) is 31.9 Å². The average molecular weight is 433 g/mol. The highest BCUT2D eigenvalue weighted by Gasteiger charge is 2.29. The zero-order valence-corrected chi connectivity index (χ0v) is 17.9. The molecular formula is C25H24FN3O3. The van der Waals surface area contributed by atoms with Gasteiger partial charge in [0.05, 0.1) is 19.1 Å². The molecule has 32 heavy (non-hydrogen) atoms. The minimum absolute atomic E-state index is 0.0711. The van der Waals surface area contributed by atoms with Crippen LogP contribution in [0.3, 0.4) is 0 Å². The zero-order chi connectivity index (χ0) is 22.1. The Morgan fingerprint density at radius 1 is 1.16 bits per heavy atom. The van der Waals surface area contributed by atoms with Gasteiger partial charge in [-0.1, -0.05) is 11.2 Å². The van der Waals surface area contributed by atoms with Gasteiger partial charge in [0.2, 0.25) is 0 Å². The molecule has 2 heterocycles. The molecule has 1 saturated heterocycles. The van der Waals surface area contributed by atoms with Crippen molar-refractivity contribution in [1.29, 1.82) is 5.26 Å². The van der Waals surface area contributed by atoms with Crippen molar-refractivity contribution in [3.05, 3.63) is 65.3 Å². The topological polar surface area (TPSA) is 71.5 Å². The van der Waals surface area contributed by atoms with E-state index in [9.17, 15) is 4.39 Å². The molecule has 164 valence electrons. The van der Waals surface area contributed by atoms with Gasteiger partial charge in [0.1, 0.15) is 35.4 Å². The maximum absolute atomic E-state index is 13.9. The second-order valence-corrected chi connectivity index (χ2v) is 8.47. The van der Waals surface area contributed by atoms with Gasteiger partial charge in [-0.25, -0.2) is 4.39 Å². The summed E-state index contributed by atoms with van der Waals surface area (Å²) in [6.07, 6.45) is 2.31. The molecule has 6 nitrogen and oxygen atoms in total. The van der Waals surface area contributed by atoms with Crippen LogP contribution in [0.5, 0.6) is 11.5 Å². The van der Waals surface area contributed by atoms with Crippen LogP contribution in [0.4, 0.5) is 4.39 Å². The lowest BCUT2D eigenvalue weighted by molar-refractivity contribution is 0.124. The van der Waals surface area contributed by atoms with Crippen LogP contribution in [0.25, 0.3) is 11.1 Å². The lowest BCUT2D eigenvalue weighted by Gasteiger charge is -2.35. The summed E-state index contributed by atoms with van der Waals surface area (Å²) < 4.78 is 30.9. The van der Waals surface area contributed by atoms with Crippen molar-refractivity contribution in [1.82, 2.24) is 10.1 Å². The first-order chi connectivity index (χ1) is 15.6. The van der Waals surface area contributed by atoms with Crippen LogP contribution in [0.2, 0.25) is 0 Å². The Morgan fingerprint density at radius 2 is 1.97 bits per heavy atom. The van der Waals surface area contributed by atoms with Crippen LogP contribution in [0, 0.1) is 23.1 Å². The molecule has 5 rings (SSSR count). The minimum atomic E-state index is -0.320. The van der Waals surface area contributed by atoms with Crippen molar-refractivity contribution in [3.63, 3.8) is 0 Å². The molecule has 2 aromatic carbocycles. The number of rotatable bonds is 8. The smallest absolute Gasteiger partial charge is 0.140 e. The van der Waals surface area contributed by atoms with E-state index in [1.54, 1.807) is 13.2 Å². The number of halogens is 1. The standard InChI is InChI=1S/C25H24FN3O3/c1-30-24-7-5-20(26)9-22(24)18-4-6-23(19(8-18)14-29-12-16(11-27)13-29)31-15-21-10-25(32-28-21)17-2-3-17/h4-10,16-17H,2-3,12-15H2,1H3. The first kappa shape index (κ1) is 20.5. The zero-order valence-electron chi connectivity index (χ0n) is 17.9. The molecular weight excluding hydrogens is 409 g/mol. The van der Waals surface area contributed by atoms with Gasteiger partial charge in [0, 0.05) is 42.7 Å². The van der Waals surface area contributed by atoms with Gasteiger partial charge in [-0.2, -0.15) is 5.26 Å². The molecule has 1 saturated carbocycles. The fourth-order valence-corrected chi connectivity index (χ4v) is 4.05. The molecule has 0 spiro atoms. The van der Waals surface area contributed by atoms with Crippen molar-refractivity contribution in [3.8, 4) is 28.7 Å². The third-order valence-corrected chi connectivity index (χ3v) is 6.00. The Labute approximate surface area is 186 Å². The van der Waals surface area contributed by atoms with Gasteiger partial charge in [0.15, 0.2) is 0 Å². The van der Waals surface area contributed by atoms with E-state index in [1.807, 2.05) is 24.3 Å². The van der Waals surface area contributed by atoms with Gasteiger partial charge in [-0.15, -0.1) is 0 Å². The summed E-state index contributed by atoms with van der Waals surface area (Å²) in [4.78, 5) is 2.20. The SMILES string of the molecule is COc1ccc(F)cc1-c1ccc(OCc2cc(C3CC3)on2)c(CN2CC(C#N)C2)c1. The van der Waals surface area contributed by atoms with E-state index in [2.05, 4.69) is 16.1 Å². The number of ether oxygens (including phenoxy) is 2. The van der Waals surface area contributed by atoms with Crippen LogP contribution < -0.4 is 9.47 Å². The predicted octanol–water partition coefficient (Wildman–Crippen LogP) is 4.90. The largest absolute Gasteiger partial charge is 0.496 e. The first-order valence-electron chi connectivity index (χ1n) is 10.8. The van der Waals surface area contributed by atoms with E-state index >= 15 is 0 Å². The predicted molar refractivity (Wildman–Crippen MR) is 116 cm³/mol. The second kappa shape index (κ2) is 8.64. The number of hydrogen-bond acceptors (Lipinski definition) is 6. The van der Waals surface area contributed by atoms with E-state index in [0.29, 0.717) is 30.4 Å². The summed E-state index contributed by atoms with van der Waals surface area (Å²) in [6, 6.07) is 14.6. The molecule has 3 aromatic rings. The summed E-state index contributed by atoms with van der Waals surface area (Å²) in [5, 5.41) is 13.2. The lowest BCUT2D eigenvalue weighted by atomic mass is 9.98. The van der Waals surface area contributed by atoms with Crippen LogP contribution in [-0.2, 0) is 13.2 Å². The molecule has 0 unspecified atom stereocenters. The highest BCUT2D eigenvalue weighted by atomic mass is 19.1. The maximum Gasteiger partial charge on any atom is 0.140 e. The van der Waals surface area contributed by atoms with E-state index in [4.69, 9.17) is 19.3 Å². The van der Waals surface area contributed by atoms with Crippen molar-refractivity contribution >= 4 is 0 Å². The number of benzene rings is 2. The summed E-state index contributed by atoms with van der Waals surface area (Å²) >= 11 is 0. The van der Waals surface area contributed by atoms with Crippen molar-refractivity contribution in [2.24, 2.45) is 5.92 Å². The molecule has 2 aliphatic rings. The number of aromatic nitrogens is 1. The molecule has 7 heteroatoms. The van der Waals surface area contributed by atoms with E-state index in [0.717, 1.165) is 54.3 Å². The number of nitrogens with zero attached hydrogens (tertiary/aromatic N) is 3. The number of methoxy groups -OCH3 is 1. The first-order valence-corrected chi connectivity index (χ1v) is 10.8. The van der Waals surface area contributed by atoms with Gasteiger partial charge >= 0.3 is 0 Å². The van der Waals surface area contributed by atoms with Gasteiger partial charge in [0.25, 0.3) is 0 Å². The van der Waals surface area contributed by atoms with Crippen molar-refractivity contribution in [2.75, 3.05) is 20.2 Å². The molecule has 1 aliphatic carbocycles. The van der Waals surface area contributed by atoms with E-state index < -0.39 is 0 Å². The number of nitriles is 1. The molecule has 0 bridgehead atoms. The summed E-state index contributed by atoms with van der Waals surface area (Å²) in [5.74, 6) is 2.53. The normalized spacial score (nSPS) is 16.4. The van der Waals surface area contributed by atoms with Crippen LogP contribution in [0.1, 0.15) is 35.8 Å². The molecule has 0 amide bonds. The van der Waals surface area contributed by atoms with E-state index in [-0.39, 0.29) is 11.7 Å². The van der Waals surface area contributed by atoms with Gasteiger partial charge in [-0.3, -0.25) is 4.90 Å².